The molecule has 1 rings (SSSR count). The first-order valence-electron chi connectivity index (χ1n) is 6.08. The maximum Gasteiger partial charge on any atom is 0.331 e. The topological polar surface area (TPSA) is 111 Å². The van der Waals surface area contributed by atoms with Crippen molar-refractivity contribution >= 4 is 21.8 Å². The fourth-order valence-corrected chi connectivity index (χ4v) is 2.30. The first-order chi connectivity index (χ1) is 9.23. The lowest BCUT2D eigenvalue weighted by molar-refractivity contribution is -0.145. The Morgan fingerprint density at radius 3 is 2.55 bits per heavy atom. The number of esters is 1. The molecule has 0 fully saturated rings. The van der Waals surface area contributed by atoms with E-state index in [1.807, 2.05) is 6.92 Å². The molecule has 7 nitrogen and oxygen atoms in total. The van der Waals surface area contributed by atoms with E-state index >= 15 is 0 Å². The second-order valence-corrected chi connectivity index (χ2v) is 6.18. The summed E-state index contributed by atoms with van der Waals surface area (Å²) in [5, 5.41) is 7.95. The lowest BCUT2D eigenvalue weighted by Crippen LogP contribution is -2.44. The summed E-state index contributed by atoms with van der Waals surface area (Å²) in [4.78, 5) is 15.7. The lowest BCUT2D eigenvalue weighted by Gasteiger charge is -2.28. The Kier molecular flexibility index (Phi) is 5.07. The van der Waals surface area contributed by atoms with Crippen LogP contribution in [0.15, 0.2) is 23.2 Å². The highest BCUT2D eigenvalue weighted by atomic mass is 32.2. The number of sulfonamides is 1. The van der Waals surface area contributed by atoms with Crippen molar-refractivity contribution in [3.05, 3.63) is 18.3 Å². The number of nitrogens with zero attached hydrogens (tertiary/aromatic N) is 1. The van der Waals surface area contributed by atoms with E-state index in [0.29, 0.717) is 12.2 Å². The summed E-state index contributed by atoms with van der Waals surface area (Å²) in [6, 6.07) is 2.78. The molecular formula is C12H19N3O4S. The Bertz CT molecular complexity index is 571. The highest BCUT2D eigenvalue weighted by Gasteiger charge is 2.33. The molecule has 0 saturated carbocycles. The van der Waals surface area contributed by atoms with Crippen LogP contribution in [0.4, 0.5) is 5.82 Å². The molecule has 0 aliphatic rings. The molecular weight excluding hydrogens is 282 g/mol. The SMILES string of the molecule is CCCC(C)(Nc1ccc(S(N)(=O)=O)cn1)C(=O)OC. The maximum absolute atomic E-state index is 11.8. The first kappa shape index (κ1) is 16.4. The van der Waals surface area contributed by atoms with Gasteiger partial charge in [0.25, 0.3) is 0 Å². The minimum atomic E-state index is -3.78. The molecule has 112 valence electrons. The predicted molar refractivity (Wildman–Crippen MR) is 74.6 cm³/mol. The number of aromatic nitrogens is 1. The third-order valence-corrected chi connectivity index (χ3v) is 3.75. The second kappa shape index (κ2) is 6.19. The Balaban J connectivity index is 2.98. The van der Waals surface area contributed by atoms with Gasteiger partial charge in [0, 0.05) is 6.20 Å². The van der Waals surface area contributed by atoms with Crippen molar-refractivity contribution in [3.8, 4) is 0 Å². The van der Waals surface area contributed by atoms with Crippen LogP contribution < -0.4 is 10.5 Å². The molecule has 1 unspecified atom stereocenters. The Morgan fingerprint density at radius 1 is 1.50 bits per heavy atom. The summed E-state index contributed by atoms with van der Waals surface area (Å²) in [7, 11) is -2.46. The number of methoxy groups -OCH3 is 1. The molecule has 1 atom stereocenters. The van der Waals surface area contributed by atoms with Crippen molar-refractivity contribution in [1.29, 1.82) is 0 Å². The van der Waals surface area contributed by atoms with Crippen molar-refractivity contribution in [2.24, 2.45) is 5.14 Å². The number of nitrogens with two attached hydrogens (primary N) is 1. The van der Waals surface area contributed by atoms with Crippen LogP contribution in [0.5, 0.6) is 0 Å². The quantitative estimate of drug-likeness (QED) is 0.754. The van der Waals surface area contributed by atoms with E-state index in [4.69, 9.17) is 9.88 Å². The van der Waals surface area contributed by atoms with Crippen molar-refractivity contribution in [2.75, 3.05) is 12.4 Å². The van der Waals surface area contributed by atoms with Crippen LogP contribution in [0.1, 0.15) is 26.7 Å². The molecule has 1 aromatic heterocycles. The number of pyridine rings is 1. The maximum atomic E-state index is 11.8. The number of carbonyl (C=O) groups is 1. The third-order valence-electron chi connectivity index (χ3n) is 2.85. The van der Waals surface area contributed by atoms with Gasteiger partial charge in [-0.25, -0.2) is 23.3 Å². The average molecular weight is 301 g/mol. The number of primary sulfonamides is 1. The highest BCUT2D eigenvalue weighted by Crippen LogP contribution is 2.21. The number of rotatable bonds is 6. The number of hydrogen-bond donors (Lipinski definition) is 2. The smallest absolute Gasteiger partial charge is 0.331 e. The molecule has 3 N–H and O–H groups in total. The van der Waals surface area contributed by atoms with Gasteiger partial charge in [0.15, 0.2) is 0 Å². The molecule has 0 radical (unpaired) electrons. The molecule has 1 heterocycles. The van der Waals surface area contributed by atoms with E-state index in [0.717, 1.165) is 12.6 Å². The Morgan fingerprint density at radius 2 is 2.15 bits per heavy atom. The number of carbonyl (C=O) groups excluding carboxylic acids is 1. The van der Waals surface area contributed by atoms with Crippen LogP contribution in [0.25, 0.3) is 0 Å². The van der Waals surface area contributed by atoms with Gasteiger partial charge in [0.1, 0.15) is 16.3 Å². The summed E-state index contributed by atoms with van der Waals surface area (Å²) >= 11 is 0. The van der Waals surface area contributed by atoms with E-state index < -0.39 is 21.5 Å². The van der Waals surface area contributed by atoms with Gasteiger partial charge < -0.3 is 10.1 Å². The summed E-state index contributed by atoms with van der Waals surface area (Å²) < 4.78 is 27.0. The molecule has 0 amide bonds. The summed E-state index contributed by atoms with van der Waals surface area (Å²) in [5.41, 5.74) is -0.917. The van der Waals surface area contributed by atoms with Crippen LogP contribution in [0, 0.1) is 0 Å². The second-order valence-electron chi connectivity index (χ2n) is 4.62. The first-order valence-corrected chi connectivity index (χ1v) is 7.63. The van der Waals surface area contributed by atoms with E-state index in [9.17, 15) is 13.2 Å². The fraction of sp³-hybridized carbons (Fsp3) is 0.500. The van der Waals surface area contributed by atoms with Gasteiger partial charge in [-0.3, -0.25) is 0 Å². The zero-order valence-electron chi connectivity index (χ0n) is 11.7. The zero-order chi connectivity index (χ0) is 15.4. The molecule has 8 heteroatoms. The van der Waals surface area contributed by atoms with E-state index in [2.05, 4.69) is 10.3 Å². The fourth-order valence-electron chi connectivity index (χ4n) is 1.85. The van der Waals surface area contributed by atoms with Crippen molar-refractivity contribution in [2.45, 2.75) is 37.1 Å². The molecule has 0 aliphatic carbocycles. The van der Waals surface area contributed by atoms with Gasteiger partial charge in [0.05, 0.1) is 7.11 Å². The summed E-state index contributed by atoms with van der Waals surface area (Å²) in [6.45, 7) is 3.65. The normalized spacial score (nSPS) is 14.4. The molecule has 0 bridgehead atoms. The van der Waals surface area contributed by atoms with Crippen molar-refractivity contribution in [1.82, 2.24) is 4.98 Å². The van der Waals surface area contributed by atoms with Crippen LogP contribution in [-0.2, 0) is 19.6 Å². The van der Waals surface area contributed by atoms with Crippen LogP contribution in [-0.4, -0.2) is 32.0 Å². The lowest BCUT2D eigenvalue weighted by atomic mass is 9.96. The number of ether oxygens (including phenoxy) is 1. The predicted octanol–water partition coefficient (Wildman–Crippen LogP) is 0.873. The number of hydrogen-bond acceptors (Lipinski definition) is 6. The zero-order valence-corrected chi connectivity index (χ0v) is 12.5. The van der Waals surface area contributed by atoms with Gasteiger partial charge in [-0.05, 0) is 25.5 Å². The standard InChI is InChI=1S/C12H19N3O4S/c1-4-7-12(2,11(16)19-3)15-10-6-5-9(8-14-10)20(13,17)18/h5-6,8H,4,7H2,1-3H3,(H,14,15)(H2,13,17,18). The highest BCUT2D eigenvalue weighted by molar-refractivity contribution is 7.89. The van der Waals surface area contributed by atoms with E-state index in [1.165, 1.54) is 19.2 Å². The number of nitrogens with one attached hydrogen (secondary N) is 1. The minimum Gasteiger partial charge on any atom is -0.467 e. The minimum absolute atomic E-state index is 0.0849. The van der Waals surface area contributed by atoms with Crippen LogP contribution in [0.2, 0.25) is 0 Å². The Hall–Kier alpha value is -1.67. The van der Waals surface area contributed by atoms with Crippen LogP contribution in [0.3, 0.4) is 0 Å². The van der Waals surface area contributed by atoms with Gasteiger partial charge >= 0.3 is 5.97 Å². The largest absolute Gasteiger partial charge is 0.467 e. The van der Waals surface area contributed by atoms with Gasteiger partial charge in [-0.2, -0.15) is 0 Å². The average Bonchev–Trinajstić information content (AvgIpc) is 2.37. The molecule has 0 saturated heterocycles. The van der Waals surface area contributed by atoms with Crippen molar-refractivity contribution < 1.29 is 17.9 Å². The monoisotopic (exact) mass is 301 g/mol. The van der Waals surface area contributed by atoms with Gasteiger partial charge in [-0.15, -0.1) is 0 Å². The Labute approximate surface area is 118 Å². The molecule has 0 spiro atoms. The third kappa shape index (κ3) is 3.91. The van der Waals surface area contributed by atoms with Crippen LogP contribution >= 0.6 is 0 Å². The van der Waals surface area contributed by atoms with Gasteiger partial charge in [-0.1, -0.05) is 13.3 Å². The molecule has 20 heavy (non-hydrogen) atoms. The number of anilines is 1. The summed E-state index contributed by atoms with van der Waals surface area (Å²) in [5.74, 6) is -0.0320. The molecule has 0 aromatic carbocycles. The van der Waals surface area contributed by atoms with Gasteiger partial charge in [0.2, 0.25) is 10.0 Å². The van der Waals surface area contributed by atoms with E-state index in [1.54, 1.807) is 6.92 Å². The van der Waals surface area contributed by atoms with E-state index in [-0.39, 0.29) is 4.90 Å². The van der Waals surface area contributed by atoms with Crippen molar-refractivity contribution in [3.63, 3.8) is 0 Å². The molecule has 0 aliphatic heterocycles. The summed E-state index contributed by atoms with van der Waals surface area (Å²) in [6.07, 6.45) is 2.47. The molecule has 1 aromatic rings.